The molecule has 0 saturated carbocycles. The van der Waals surface area contributed by atoms with Crippen molar-refractivity contribution >= 4 is 5.69 Å². The highest BCUT2D eigenvalue weighted by Gasteiger charge is 1.94. The number of nitrogens with one attached hydrogen (secondary N) is 1. The zero-order valence-corrected chi connectivity index (χ0v) is 8.53. The van der Waals surface area contributed by atoms with Crippen LogP contribution < -0.4 is 5.32 Å². The minimum absolute atomic E-state index is 0.434. The Morgan fingerprint density at radius 3 is 3.07 bits per heavy atom. The van der Waals surface area contributed by atoms with Crippen molar-refractivity contribution in [2.75, 3.05) is 11.9 Å². The first kappa shape index (κ1) is 11.1. The Hall–Kier alpha value is -2.00. The third-order valence-corrected chi connectivity index (χ3v) is 1.95. The summed E-state index contributed by atoms with van der Waals surface area (Å²) in [7, 11) is 0. The molecule has 0 aliphatic heterocycles. The predicted molar refractivity (Wildman–Crippen MR) is 60.1 cm³/mol. The second-order valence-corrected chi connectivity index (χ2v) is 3.13. The molecule has 15 heavy (non-hydrogen) atoms. The molecule has 0 unspecified atom stereocenters. The summed E-state index contributed by atoms with van der Waals surface area (Å²) in [5, 5.41) is 11.9. The Bertz CT molecular complexity index is 385. The quantitative estimate of drug-likeness (QED) is 0.584. The van der Waals surface area contributed by atoms with E-state index in [1.165, 1.54) is 0 Å². The van der Waals surface area contributed by atoms with Gasteiger partial charge in [0.15, 0.2) is 0 Å². The number of unbranched alkanes of at least 4 members (excludes halogenated alkanes) is 2. The van der Waals surface area contributed by atoms with Gasteiger partial charge in [0.05, 0.1) is 0 Å². The number of nitrogens with zero attached hydrogens (tertiary/aromatic N) is 2. The summed E-state index contributed by atoms with van der Waals surface area (Å²) < 4.78 is 0. The number of hydrogen-bond acceptors (Lipinski definition) is 3. The van der Waals surface area contributed by atoms with Crippen molar-refractivity contribution in [3.8, 4) is 18.4 Å². The standard InChI is InChI=1S/C12H13N3/c1-2-3-4-5-7-14-11-6-8-15-12(9-11)10-13/h1,6,8-9H,3-5,7H2,(H,14,15). The van der Waals surface area contributed by atoms with Gasteiger partial charge in [0.25, 0.3) is 0 Å². The van der Waals surface area contributed by atoms with E-state index in [1.807, 2.05) is 12.1 Å². The lowest BCUT2D eigenvalue weighted by Crippen LogP contribution is -2.01. The molecule has 0 fully saturated rings. The van der Waals surface area contributed by atoms with E-state index >= 15 is 0 Å². The van der Waals surface area contributed by atoms with Crippen LogP contribution >= 0.6 is 0 Å². The summed E-state index contributed by atoms with van der Waals surface area (Å²) in [6, 6.07) is 5.59. The van der Waals surface area contributed by atoms with E-state index in [0.29, 0.717) is 5.69 Å². The molecule has 0 aliphatic rings. The highest BCUT2D eigenvalue weighted by molar-refractivity contribution is 5.45. The summed E-state index contributed by atoms with van der Waals surface area (Å²) in [4.78, 5) is 3.89. The third kappa shape index (κ3) is 4.15. The van der Waals surface area contributed by atoms with Crippen LogP contribution in [0.1, 0.15) is 25.0 Å². The van der Waals surface area contributed by atoms with Gasteiger partial charge in [-0.15, -0.1) is 12.3 Å². The number of hydrogen-bond donors (Lipinski definition) is 1. The molecule has 1 rings (SSSR count). The fourth-order valence-electron chi connectivity index (χ4n) is 1.19. The van der Waals surface area contributed by atoms with Crippen molar-refractivity contribution in [1.82, 2.24) is 4.98 Å². The van der Waals surface area contributed by atoms with Gasteiger partial charge in [-0.25, -0.2) is 4.98 Å². The van der Waals surface area contributed by atoms with Crippen LogP contribution in [-0.2, 0) is 0 Å². The second-order valence-electron chi connectivity index (χ2n) is 3.13. The number of pyridine rings is 1. The van der Waals surface area contributed by atoms with E-state index in [2.05, 4.69) is 16.2 Å². The summed E-state index contributed by atoms with van der Waals surface area (Å²) in [5.41, 5.74) is 1.37. The zero-order valence-electron chi connectivity index (χ0n) is 8.53. The van der Waals surface area contributed by atoms with Crippen LogP contribution in [0.25, 0.3) is 0 Å². The van der Waals surface area contributed by atoms with Gasteiger partial charge < -0.3 is 5.32 Å². The fourth-order valence-corrected chi connectivity index (χ4v) is 1.19. The molecule has 0 spiro atoms. The van der Waals surface area contributed by atoms with Crippen LogP contribution in [0.5, 0.6) is 0 Å². The first-order valence-corrected chi connectivity index (χ1v) is 4.90. The van der Waals surface area contributed by atoms with Crippen molar-refractivity contribution in [2.45, 2.75) is 19.3 Å². The van der Waals surface area contributed by atoms with E-state index < -0.39 is 0 Å². The van der Waals surface area contributed by atoms with E-state index in [4.69, 9.17) is 11.7 Å². The van der Waals surface area contributed by atoms with Crippen LogP contribution in [0.15, 0.2) is 18.3 Å². The SMILES string of the molecule is C#CCCCCNc1ccnc(C#N)c1. The first-order valence-electron chi connectivity index (χ1n) is 4.90. The van der Waals surface area contributed by atoms with Crippen molar-refractivity contribution in [2.24, 2.45) is 0 Å². The molecular formula is C12H13N3. The van der Waals surface area contributed by atoms with Crippen molar-refractivity contribution in [1.29, 1.82) is 5.26 Å². The van der Waals surface area contributed by atoms with E-state index in [9.17, 15) is 0 Å². The molecule has 76 valence electrons. The van der Waals surface area contributed by atoms with Gasteiger partial charge in [-0.05, 0) is 25.0 Å². The fraction of sp³-hybridized carbons (Fsp3) is 0.333. The third-order valence-electron chi connectivity index (χ3n) is 1.95. The molecule has 0 amide bonds. The van der Waals surface area contributed by atoms with Crippen LogP contribution in [0.4, 0.5) is 5.69 Å². The smallest absolute Gasteiger partial charge is 0.142 e. The maximum atomic E-state index is 8.64. The zero-order chi connectivity index (χ0) is 10.9. The molecule has 1 N–H and O–H groups in total. The molecule has 1 aromatic rings. The Labute approximate surface area is 90.1 Å². The molecule has 0 atom stereocenters. The summed E-state index contributed by atoms with van der Waals surface area (Å²) in [6.45, 7) is 0.872. The summed E-state index contributed by atoms with van der Waals surface area (Å²) in [6.07, 6.45) is 9.66. The Kier molecular flexibility index (Phi) is 4.77. The molecule has 0 aliphatic carbocycles. The maximum Gasteiger partial charge on any atom is 0.142 e. The normalized spacial score (nSPS) is 8.93. The molecule has 3 nitrogen and oxygen atoms in total. The topological polar surface area (TPSA) is 48.7 Å². The first-order chi connectivity index (χ1) is 7.36. The molecule has 0 aromatic carbocycles. The monoisotopic (exact) mass is 199 g/mol. The lowest BCUT2D eigenvalue weighted by Gasteiger charge is -2.04. The van der Waals surface area contributed by atoms with Crippen LogP contribution in [0.2, 0.25) is 0 Å². The molecule has 1 heterocycles. The number of aromatic nitrogens is 1. The molecular weight excluding hydrogens is 186 g/mol. The van der Waals surface area contributed by atoms with Crippen molar-refractivity contribution < 1.29 is 0 Å². The van der Waals surface area contributed by atoms with Gasteiger partial charge >= 0.3 is 0 Å². The summed E-state index contributed by atoms with van der Waals surface area (Å²) in [5.74, 6) is 2.60. The second kappa shape index (κ2) is 6.45. The van der Waals surface area contributed by atoms with Crippen LogP contribution in [-0.4, -0.2) is 11.5 Å². The molecule has 3 heteroatoms. The number of nitriles is 1. The molecule has 1 aromatic heterocycles. The minimum atomic E-state index is 0.434. The highest BCUT2D eigenvalue weighted by atomic mass is 14.9. The predicted octanol–water partition coefficient (Wildman–Crippen LogP) is 2.17. The maximum absolute atomic E-state index is 8.64. The summed E-state index contributed by atoms with van der Waals surface area (Å²) >= 11 is 0. The number of anilines is 1. The largest absolute Gasteiger partial charge is 0.385 e. The van der Waals surface area contributed by atoms with Crippen molar-refractivity contribution in [3.05, 3.63) is 24.0 Å². The van der Waals surface area contributed by atoms with Gasteiger partial charge in [-0.1, -0.05) is 0 Å². The van der Waals surface area contributed by atoms with Gasteiger partial charge in [0, 0.05) is 24.8 Å². The lowest BCUT2D eigenvalue weighted by molar-refractivity contribution is 0.789. The lowest BCUT2D eigenvalue weighted by atomic mass is 10.2. The average molecular weight is 199 g/mol. The van der Waals surface area contributed by atoms with Crippen LogP contribution in [0.3, 0.4) is 0 Å². The Balaban J connectivity index is 2.32. The van der Waals surface area contributed by atoms with Crippen LogP contribution in [0, 0.1) is 23.7 Å². The van der Waals surface area contributed by atoms with E-state index in [0.717, 1.165) is 31.5 Å². The van der Waals surface area contributed by atoms with E-state index in [1.54, 1.807) is 12.3 Å². The molecule has 0 saturated heterocycles. The number of rotatable bonds is 5. The van der Waals surface area contributed by atoms with Gasteiger partial charge in [-0.2, -0.15) is 5.26 Å². The van der Waals surface area contributed by atoms with E-state index in [-0.39, 0.29) is 0 Å². The highest BCUT2D eigenvalue weighted by Crippen LogP contribution is 2.07. The molecule has 0 radical (unpaired) electrons. The molecule has 0 bridgehead atoms. The van der Waals surface area contributed by atoms with Gasteiger partial charge in [0.1, 0.15) is 11.8 Å². The Morgan fingerprint density at radius 2 is 2.33 bits per heavy atom. The van der Waals surface area contributed by atoms with Gasteiger partial charge in [0.2, 0.25) is 0 Å². The number of terminal acetylenes is 1. The van der Waals surface area contributed by atoms with Crippen molar-refractivity contribution in [3.63, 3.8) is 0 Å². The Morgan fingerprint density at radius 1 is 1.47 bits per heavy atom. The minimum Gasteiger partial charge on any atom is -0.385 e. The average Bonchev–Trinajstić information content (AvgIpc) is 2.29. The van der Waals surface area contributed by atoms with Gasteiger partial charge in [-0.3, -0.25) is 0 Å².